The highest BCUT2D eigenvalue weighted by molar-refractivity contribution is 9.11. The molecule has 2 aromatic carbocycles. The molecule has 0 radical (unpaired) electrons. The maximum Gasteiger partial charge on any atom is 0.135 e. The molecule has 0 saturated carbocycles. The summed E-state index contributed by atoms with van der Waals surface area (Å²) in [6.07, 6.45) is 0. The predicted molar refractivity (Wildman–Crippen MR) is 88.6 cm³/mol. The average Bonchev–Trinajstić information content (AvgIpc) is 2.42. The molecule has 6 heteroatoms. The van der Waals surface area contributed by atoms with E-state index < -0.39 is 0 Å². The third-order valence-electron chi connectivity index (χ3n) is 2.66. The van der Waals surface area contributed by atoms with Crippen molar-refractivity contribution in [2.75, 3.05) is 12.8 Å². The van der Waals surface area contributed by atoms with E-state index in [0.717, 1.165) is 20.3 Å². The lowest BCUT2D eigenvalue weighted by Gasteiger charge is -2.12. The molecule has 106 valence electrons. The van der Waals surface area contributed by atoms with Crippen LogP contribution in [0.2, 0.25) is 5.02 Å². The van der Waals surface area contributed by atoms with Gasteiger partial charge in [0.25, 0.3) is 0 Å². The Morgan fingerprint density at radius 1 is 1.10 bits per heavy atom. The van der Waals surface area contributed by atoms with E-state index in [1.807, 2.05) is 12.1 Å². The van der Waals surface area contributed by atoms with Crippen molar-refractivity contribution >= 4 is 49.1 Å². The van der Waals surface area contributed by atoms with Crippen LogP contribution in [0.4, 0.5) is 5.69 Å². The summed E-state index contributed by atoms with van der Waals surface area (Å²) in [7, 11) is 1.61. The van der Waals surface area contributed by atoms with Crippen LogP contribution in [0, 0.1) is 0 Å². The van der Waals surface area contributed by atoms with Crippen molar-refractivity contribution in [2.45, 2.75) is 6.61 Å². The maximum atomic E-state index is 6.10. The highest BCUT2D eigenvalue weighted by atomic mass is 79.9. The van der Waals surface area contributed by atoms with Crippen LogP contribution in [0.3, 0.4) is 0 Å². The Balaban J connectivity index is 2.19. The molecular weight excluding hydrogens is 409 g/mol. The van der Waals surface area contributed by atoms with E-state index in [2.05, 4.69) is 31.9 Å². The minimum Gasteiger partial charge on any atom is -0.496 e. The molecule has 0 unspecified atom stereocenters. The summed E-state index contributed by atoms with van der Waals surface area (Å²) in [5, 5.41) is 0.628. The number of hydrogen-bond acceptors (Lipinski definition) is 3. The van der Waals surface area contributed by atoms with Gasteiger partial charge in [0.15, 0.2) is 0 Å². The largest absolute Gasteiger partial charge is 0.496 e. The van der Waals surface area contributed by atoms with E-state index in [1.165, 1.54) is 0 Å². The average molecular weight is 422 g/mol. The Kier molecular flexibility index (Phi) is 5.18. The van der Waals surface area contributed by atoms with Gasteiger partial charge in [0.2, 0.25) is 0 Å². The molecule has 0 heterocycles. The second-order valence-corrected chi connectivity index (χ2v) is 6.17. The fourth-order valence-corrected chi connectivity index (χ4v) is 2.73. The van der Waals surface area contributed by atoms with Crippen LogP contribution in [-0.4, -0.2) is 7.11 Å². The second kappa shape index (κ2) is 6.70. The number of ether oxygens (including phenoxy) is 2. The minimum absolute atomic E-state index is 0.335. The SMILES string of the molecule is COc1cc(Br)c(OCc2cc(N)ccc2Cl)cc1Br. The molecule has 2 aromatic rings. The second-order valence-electron chi connectivity index (χ2n) is 4.06. The highest BCUT2D eigenvalue weighted by Crippen LogP contribution is 2.36. The van der Waals surface area contributed by atoms with Gasteiger partial charge in [-0.25, -0.2) is 0 Å². The van der Waals surface area contributed by atoms with Gasteiger partial charge in [0.05, 0.1) is 16.1 Å². The molecule has 2 rings (SSSR count). The number of rotatable bonds is 4. The van der Waals surface area contributed by atoms with Crippen molar-refractivity contribution in [1.29, 1.82) is 0 Å². The van der Waals surface area contributed by atoms with Gasteiger partial charge < -0.3 is 15.2 Å². The van der Waals surface area contributed by atoms with Crippen molar-refractivity contribution in [3.05, 3.63) is 49.9 Å². The number of nitrogen functional groups attached to an aromatic ring is 1. The smallest absolute Gasteiger partial charge is 0.135 e. The Morgan fingerprint density at radius 2 is 1.75 bits per heavy atom. The van der Waals surface area contributed by atoms with E-state index in [1.54, 1.807) is 25.3 Å². The van der Waals surface area contributed by atoms with Gasteiger partial charge in [0, 0.05) is 16.3 Å². The molecule has 0 aliphatic rings. The molecule has 2 N–H and O–H groups in total. The maximum absolute atomic E-state index is 6.10. The van der Waals surface area contributed by atoms with Crippen LogP contribution in [0.1, 0.15) is 5.56 Å². The van der Waals surface area contributed by atoms with Crippen LogP contribution in [-0.2, 0) is 6.61 Å². The Hall–Kier alpha value is -0.910. The molecule has 20 heavy (non-hydrogen) atoms. The highest BCUT2D eigenvalue weighted by Gasteiger charge is 2.09. The summed E-state index contributed by atoms with van der Waals surface area (Å²) in [6.45, 7) is 0.335. The zero-order valence-electron chi connectivity index (χ0n) is 10.6. The van der Waals surface area contributed by atoms with E-state index >= 15 is 0 Å². The molecule has 0 aliphatic carbocycles. The molecule has 0 amide bonds. The molecule has 0 aromatic heterocycles. The Bertz CT molecular complexity index is 635. The molecule has 3 nitrogen and oxygen atoms in total. The van der Waals surface area contributed by atoms with Crippen LogP contribution >= 0.6 is 43.5 Å². The van der Waals surface area contributed by atoms with Gasteiger partial charge in [-0.1, -0.05) is 11.6 Å². The third kappa shape index (κ3) is 3.59. The molecular formula is C14H12Br2ClNO2. The van der Waals surface area contributed by atoms with Crippen LogP contribution in [0.25, 0.3) is 0 Å². The van der Waals surface area contributed by atoms with E-state index in [9.17, 15) is 0 Å². The van der Waals surface area contributed by atoms with Gasteiger partial charge >= 0.3 is 0 Å². The third-order valence-corrected chi connectivity index (χ3v) is 4.27. The van der Waals surface area contributed by atoms with Crippen molar-refractivity contribution in [2.24, 2.45) is 0 Å². The van der Waals surface area contributed by atoms with Gasteiger partial charge in [-0.3, -0.25) is 0 Å². The van der Waals surface area contributed by atoms with Crippen molar-refractivity contribution in [3.8, 4) is 11.5 Å². The normalized spacial score (nSPS) is 10.4. The minimum atomic E-state index is 0.335. The number of halogens is 3. The van der Waals surface area contributed by atoms with E-state index in [-0.39, 0.29) is 0 Å². The monoisotopic (exact) mass is 419 g/mol. The van der Waals surface area contributed by atoms with Gasteiger partial charge in [-0.2, -0.15) is 0 Å². The zero-order valence-corrected chi connectivity index (χ0v) is 14.5. The van der Waals surface area contributed by atoms with E-state index in [0.29, 0.717) is 23.1 Å². The van der Waals surface area contributed by atoms with Crippen molar-refractivity contribution < 1.29 is 9.47 Å². The summed E-state index contributed by atoms with van der Waals surface area (Å²) < 4.78 is 12.6. The first kappa shape index (κ1) is 15.5. The number of nitrogens with two attached hydrogens (primary N) is 1. The van der Waals surface area contributed by atoms with Crippen molar-refractivity contribution in [3.63, 3.8) is 0 Å². The zero-order chi connectivity index (χ0) is 14.7. The molecule has 0 fully saturated rings. The van der Waals surface area contributed by atoms with Crippen molar-refractivity contribution in [1.82, 2.24) is 0 Å². The quantitative estimate of drug-likeness (QED) is 0.704. The fraction of sp³-hybridized carbons (Fsp3) is 0.143. The summed E-state index contributed by atoms with van der Waals surface area (Å²) in [4.78, 5) is 0. The van der Waals surface area contributed by atoms with Crippen LogP contribution < -0.4 is 15.2 Å². The van der Waals surface area contributed by atoms with Crippen LogP contribution in [0.15, 0.2) is 39.3 Å². The van der Waals surface area contributed by atoms with E-state index in [4.69, 9.17) is 26.8 Å². The molecule has 0 aliphatic heterocycles. The topological polar surface area (TPSA) is 44.5 Å². The number of anilines is 1. The number of benzene rings is 2. The lowest BCUT2D eigenvalue weighted by molar-refractivity contribution is 0.303. The molecule has 0 bridgehead atoms. The first-order valence-electron chi connectivity index (χ1n) is 5.71. The summed E-state index contributed by atoms with van der Waals surface area (Å²) in [5.41, 5.74) is 7.23. The number of hydrogen-bond donors (Lipinski definition) is 1. The lowest BCUT2D eigenvalue weighted by atomic mass is 10.2. The fourth-order valence-electron chi connectivity index (χ4n) is 1.64. The first-order valence-corrected chi connectivity index (χ1v) is 7.67. The van der Waals surface area contributed by atoms with Gasteiger partial charge in [0.1, 0.15) is 18.1 Å². The molecule has 0 atom stereocenters. The Morgan fingerprint density at radius 3 is 2.45 bits per heavy atom. The van der Waals surface area contributed by atoms with Crippen LogP contribution in [0.5, 0.6) is 11.5 Å². The standard InChI is InChI=1S/C14H12Br2ClNO2/c1-19-13-5-11(16)14(6-10(13)15)20-7-8-4-9(18)2-3-12(8)17/h2-6H,7,18H2,1H3. The Labute approximate surface area is 139 Å². The summed E-state index contributed by atoms with van der Waals surface area (Å²) >= 11 is 13.0. The van der Waals surface area contributed by atoms with Gasteiger partial charge in [-0.15, -0.1) is 0 Å². The lowest BCUT2D eigenvalue weighted by Crippen LogP contribution is -1.99. The number of methoxy groups -OCH3 is 1. The molecule has 0 spiro atoms. The predicted octanol–water partition coefficient (Wildman–Crippen LogP) is 5.03. The first-order chi connectivity index (χ1) is 9.51. The molecule has 0 saturated heterocycles. The van der Waals surface area contributed by atoms with Gasteiger partial charge in [-0.05, 0) is 62.2 Å². The summed E-state index contributed by atoms with van der Waals surface area (Å²) in [6, 6.07) is 8.98. The summed E-state index contributed by atoms with van der Waals surface area (Å²) in [5.74, 6) is 1.42.